The van der Waals surface area contributed by atoms with Gasteiger partial charge in [0.2, 0.25) is 0 Å². The number of nitrogens with zero attached hydrogens (tertiary/aromatic N) is 2. The number of rotatable bonds is 8. The number of benzene rings is 4. The molecule has 184 valence electrons. The molecule has 0 radical (unpaired) electrons. The van der Waals surface area contributed by atoms with Crippen LogP contribution in [-0.2, 0) is 13.0 Å². The van der Waals surface area contributed by atoms with Gasteiger partial charge in [-0.2, -0.15) is 0 Å². The number of phenolic OH excluding ortho intramolecular Hbond substituents is 2. The number of aliphatic imine (C=N–C) groups is 1. The fraction of sp³-hybridized carbons (Fsp3) is 0.107. The van der Waals surface area contributed by atoms with Gasteiger partial charge in [-0.25, -0.2) is 4.99 Å². The maximum Gasteiger partial charge on any atom is 0.169 e. The van der Waals surface area contributed by atoms with E-state index in [1.165, 1.54) is 11.8 Å². The topological polar surface area (TPSA) is 91.2 Å². The van der Waals surface area contributed by atoms with Gasteiger partial charge in [0.15, 0.2) is 5.17 Å². The van der Waals surface area contributed by atoms with E-state index >= 15 is 0 Å². The van der Waals surface area contributed by atoms with Crippen molar-refractivity contribution >= 4 is 39.9 Å². The molecule has 4 rings (SSSR count). The van der Waals surface area contributed by atoms with Gasteiger partial charge in [0.05, 0.1) is 10.7 Å². The van der Waals surface area contributed by atoms with Crippen LogP contribution in [-0.4, -0.2) is 26.8 Å². The molecule has 36 heavy (non-hydrogen) atoms. The van der Waals surface area contributed by atoms with E-state index in [1.54, 1.807) is 42.5 Å². The van der Waals surface area contributed by atoms with Crippen molar-refractivity contribution in [2.24, 2.45) is 4.99 Å². The summed E-state index contributed by atoms with van der Waals surface area (Å²) in [7, 11) is 0. The lowest BCUT2D eigenvalue weighted by Crippen LogP contribution is -2.30. The fourth-order valence-corrected chi connectivity index (χ4v) is 4.66. The van der Waals surface area contributed by atoms with E-state index in [4.69, 9.17) is 16.6 Å². The number of thioether (sulfide) groups is 1. The number of hydrogen-bond donors (Lipinski definition) is 3. The average molecular weight is 519 g/mol. The summed E-state index contributed by atoms with van der Waals surface area (Å²) in [6, 6.07) is 29.3. The summed E-state index contributed by atoms with van der Waals surface area (Å²) in [4.78, 5) is 8.08. The summed E-state index contributed by atoms with van der Waals surface area (Å²) in [6.07, 6.45) is 0.675. The van der Waals surface area contributed by atoms with E-state index in [2.05, 4.69) is 4.90 Å². The molecule has 0 aromatic heterocycles. The van der Waals surface area contributed by atoms with E-state index in [1.807, 2.05) is 60.1 Å². The second-order valence-electron chi connectivity index (χ2n) is 8.08. The highest BCUT2D eigenvalue weighted by molar-refractivity contribution is 8.13. The van der Waals surface area contributed by atoms with Gasteiger partial charge in [0.25, 0.3) is 0 Å². The van der Waals surface area contributed by atoms with Crippen molar-refractivity contribution in [3.63, 3.8) is 0 Å². The van der Waals surface area contributed by atoms with Gasteiger partial charge < -0.3 is 25.8 Å². The van der Waals surface area contributed by atoms with Crippen LogP contribution in [0.15, 0.2) is 107 Å². The molecular formula is C28H25ClN3O3S-. The van der Waals surface area contributed by atoms with Crippen LogP contribution in [0.4, 0.5) is 11.4 Å². The van der Waals surface area contributed by atoms with Crippen LogP contribution in [0.25, 0.3) is 0 Å². The number of halogens is 1. The summed E-state index contributed by atoms with van der Waals surface area (Å²) in [5.74, 6) is 0.431. The second kappa shape index (κ2) is 12.4. The minimum Gasteiger partial charge on any atom is -0.761 e. The Hall–Kier alpha value is -3.65. The van der Waals surface area contributed by atoms with E-state index in [0.717, 1.165) is 21.2 Å². The third-order valence-corrected chi connectivity index (χ3v) is 6.77. The minimum atomic E-state index is 0.205. The lowest BCUT2D eigenvalue weighted by molar-refractivity contribution is 0.423. The lowest BCUT2D eigenvalue weighted by atomic mass is 10.1. The predicted molar refractivity (Wildman–Crippen MR) is 148 cm³/mol. The van der Waals surface area contributed by atoms with E-state index in [0.29, 0.717) is 30.2 Å². The van der Waals surface area contributed by atoms with Gasteiger partial charge in [0, 0.05) is 23.7 Å². The van der Waals surface area contributed by atoms with Crippen LogP contribution in [0.1, 0.15) is 11.1 Å². The van der Waals surface area contributed by atoms with Crippen molar-refractivity contribution < 1.29 is 10.2 Å². The molecule has 0 aliphatic rings. The van der Waals surface area contributed by atoms with Crippen molar-refractivity contribution in [1.82, 2.24) is 4.90 Å². The first-order chi connectivity index (χ1) is 17.5. The predicted octanol–water partition coefficient (Wildman–Crippen LogP) is 7.19. The summed E-state index contributed by atoms with van der Waals surface area (Å²) >= 11 is 7.62. The number of anilines is 1. The third kappa shape index (κ3) is 7.18. The van der Waals surface area contributed by atoms with Crippen LogP contribution < -0.4 is 5.48 Å². The monoisotopic (exact) mass is 518 g/mol. The quantitative estimate of drug-likeness (QED) is 0.0989. The van der Waals surface area contributed by atoms with Crippen molar-refractivity contribution in [1.29, 1.82) is 0 Å². The van der Waals surface area contributed by atoms with Gasteiger partial charge in [-0.3, -0.25) is 0 Å². The molecule has 0 unspecified atom stereocenters. The zero-order valence-electron chi connectivity index (χ0n) is 19.3. The normalized spacial score (nSPS) is 11.3. The van der Waals surface area contributed by atoms with Crippen molar-refractivity contribution in [3.8, 4) is 11.5 Å². The Morgan fingerprint density at radius 2 is 1.64 bits per heavy atom. The van der Waals surface area contributed by atoms with Crippen LogP contribution in [0, 0.1) is 5.21 Å². The molecule has 0 aliphatic heterocycles. The molecule has 0 amide bonds. The number of hydrogen-bond acceptors (Lipinski definition) is 6. The first kappa shape index (κ1) is 25.4. The molecule has 4 aromatic rings. The molecular weight excluding hydrogens is 494 g/mol. The highest BCUT2D eigenvalue weighted by Crippen LogP contribution is 2.30. The Balaban J connectivity index is 1.71. The summed E-state index contributed by atoms with van der Waals surface area (Å²) in [6.45, 7) is 1.15. The smallest absolute Gasteiger partial charge is 0.169 e. The Kier molecular flexibility index (Phi) is 8.73. The average Bonchev–Trinajstić information content (AvgIpc) is 2.89. The molecule has 8 heteroatoms. The zero-order chi connectivity index (χ0) is 25.3. The largest absolute Gasteiger partial charge is 0.761 e. The highest BCUT2D eigenvalue weighted by atomic mass is 35.5. The third-order valence-electron chi connectivity index (χ3n) is 5.40. The molecule has 0 spiro atoms. The van der Waals surface area contributed by atoms with Crippen LogP contribution >= 0.6 is 23.4 Å². The molecule has 0 atom stereocenters. The first-order valence-electron chi connectivity index (χ1n) is 11.3. The molecule has 0 fully saturated rings. The van der Waals surface area contributed by atoms with Crippen molar-refractivity contribution in [2.45, 2.75) is 17.9 Å². The van der Waals surface area contributed by atoms with Crippen LogP contribution in [0.5, 0.6) is 11.5 Å². The van der Waals surface area contributed by atoms with Crippen molar-refractivity contribution in [2.75, 3.05) is 12.0 Å². The van der Waals surface area contributed by atoms with Gasteiger partial charge in [-0.1, -0.05) is 65.8 Å². The molecule has 0 saturated carbocycles. The van der Waals surface area contributed by atoms with Gasteiger partial charge in [-0.15, -0.1) is 0 Å². The van der Waals surface area contributed by atoms with E-state index < -0.39 is 0 Å². The van der Waals surface area contributed by atoms with Gasteiger partial charge >= 0.3 is 0 Å². The zero-order valence-corrected chi connectivity index (χ0v) is 20.9. The Morgan fingerprint density at radius 1 is 0.861 bits per heavy atom. The molecule has 0 heterocycles. The number of aromatic hydroxyl groups is 2. The molecule has 0 saturated heterocycles. The maximum absolute atomic E-state index is 11.3. The molecule has 0 bridgehead atoms. The molecule has 3 N–H and O–H groups in total. The maximum atomic E-state index is 11.3. The summed E-state index contributed by atoms with van der Waals surface area (Å²) in [5.41, 5.74) is 4.71. The van der Waals surface area contributed by atoms with Crippen LogP contribution in [0.2, 0.25) is 5.02 Å². The standard InChI is InChI=1S/C28H25ClN3O3S/c29-26-14-11-22(18-27(26)31-35)30-28(36-25-7-2-1-3-8-25)32(19-21-9-12-23(33)13-10-21)16-15-20-5-4-6-24(34)17-20/h1-14,17-18,31,33-34H,15-16,19H2/q-1. The van der Waals surface area contributed by atoms with Crippen LogP contribution in [0.3, 0.4) is 0 Å². The SMILES string of the molecule is [O-]Nc1cc(N=C(Sc2ccccc2)N(CCc2cccc(O)c2)Cc2ccc(O)cc2)ccc1Cl. The molecule has 4 aromatic carbocycles. The number of nitrogens with one attached hydrogen (secondary N) is 1. The number of phenols is 2. The fourth-order valence-electron chi connectivity index (χ4n) is 3.56. The number of amidine groups is 1. The summed E-state index contributed by atoms with van der Waals surface area (Å²) in [5, 5.41) is 32.0. The van der Waals surface area contributed by atoms with Gasteiger partial charge in [-0.05, 0) is 72.1 Å². The highest BCUT2D eigenvalue weighted by Gasteiger charge is 2.16. The lowest BCUT2D eigenvalue weighted by Gasteiger charge is -2.26. The molecule has 6 nitrogen and oxygen atoms in total. The van der Waals surface area contributed by atoms with E-state index in [-0.39, 0.29) is 17.2 Å². The molecule has 0 aliphatic carbocycles. The summed E-state index contributed by atoms with van der Waals surface area (Å²) < 4.78 is 0. The van der Waals surface area contributed by atoms with Gasteiger partial charge in [0.1, 0.15) is 11.5 Å². The Labute approximate surface area is 219 Å². The Bertz CT molecular complexity index is 1320. The van der Waals surface area contributed by atoms with E-state index in [9.17, 15) is 15.4 Å². The Morgan fingerprint density at radius 3 is 2.36 bits per heavy atom. The van der Waals surface area contributed by atoms with Crippen molar-refractivity contribution in [3.05, 3.63) is 118 Å². The minimum absolute atomic E-state index is 0.205. The second-order valence-corrected chi connectivity index (χ2v) is 9.53. The first-order valence-corrected chi connectivity index (χ1v) is 12.5.